The molecule has 2 atom stereocenters. The van der Waals surface area contributed by atoms with E-state index in [9.17, 15) is 14.3 Å². The average molecular weight is 294 g/mol. The molecule has 1 aromatic rings. The van der Waals surface area contributed by atoms with Crippen molar-refractivity contribution in [3.63, 3.8) is 0 Å². The summed E-state index contributed by atoms with van der Waals surface area (Å²) in [6.07, 6.45) is 1.61. The maximum Gasteiger partial charge on any atom is 0.315 e. The van der Waals surface area contributed by atoms with Crippen LogP contribution >= 0.6 is 0 Å². The number of urea groups is 1. The van der Waals surface area contributed by atoms with E-state index >= 15 is 0 Å². The maximum absolute atomic E-state index is 13.3. The van der Waals surface area contributed by atoms with E-state index in [4.69, 9.17) is 0 Å². The zero-order valence-corrected chi connectivity index (χ0v) is 12.7. The molecule has 2 unspecified atom stereocenters. The Morgan fingerprint density at radius 3 is 2.90 bits per heavy atom. The Balaban J connectivity index is 1.92. The van der Waals surface area contributed by atoms with Gasteiger partial charge in [-0.05, 0) is 48.9 Å². The van der Waals surface area contributed by atoms with Crippen LogP contribution in [0.1, 0.15) is 44.4 Å². The molecule has 4 nitrogen and oxygen atoms in total. The van der Waals surface area contributed by atoms with Crippen LogP contribution in [0.4, 0.5) is 9.18 Å². The molecule has 0 saturated carbocycles. The average Bonchev–Trinajstić information content (AvgIpc) is 2.79. The molecule has 2 rings (SSSR count). The third-order valence-corrected chi connectivity index (χ3v) is 4.34. The van der Waals surface area contributed by atoms with Crippen molar-refractivity contribution in [3.05, 3.63) is 35.1 Å². The molecule has 21 heavy (non-hydrogen) atoms. The molecule has 1 aromatic carbocycles. The highest BCUT2D eigenvalue weighted by atomic mass is 19.1. The van der Waals surface area contributed by atoms with E-state index in [1.54, 1.807) is 13.0 Å². The Bertz CT molecular complexity index is 529. The number of aliphatic hydroxyl groups is 1. The summed E-state index contributed by atoms with van der Waals surface area (Å²) in [6.45, 7) is 5.67. The molecule has 0 fully saturated rings. The first-order chi connectivity index (χ1) is 9.79. The number of fused-ring (bicyclic) bond motifs is 1. The highest BCUT2D eigenvalue weighted by molar-refractivity contribution is 5.74. The van der Waals surface area contributed by atoms with Crippen LogP contribution in [-0.4, -0.2) is 23.3 Å². The monoisotopic (exact) mass is 294 g/mol. The predicted octanol–water partition coefficient (Wildman–Crippen LogP) is 2.52. The first-order valence-corrected chi connectivity index (χ1v) is 7.34. The van der Waals surface area contributed by atoms with Crippen LogP contribution in [0.5, 0.6) is 0 Å². The summed E-state index contributed by atoms with van der Waals surface area (Å²) in [5.41, 5.74) is 0.980. The zero-order chi connectivity index (χ0) is 15.6. The van der Waals surface area contributed by atoms with Gasteiger partial charge in [-0.25, -0.2) is 9.18 Å². The molecule has 2 amide bonds. The van der Waals surface area contributed by atoms with Gasteiger partial charge in [-0.15, -0.1) is 0 Å². The Labute approximate surface area is 124 Å². The number of hydrogen-bond acceptors (Lipinski definition) is 2. The summed E-state index contributed by atoms with van der Waals surface area (Å²) in [5, 5.41) is 15.6. The normalized spacial score (nSPS) is 20.0. The largest absolute Gasteiger partial charge is 0.388 e. The molecule has 5 heteroatoms. The lowest BCUT2D eigenvalue weighted by Gasteiger charge is -2.28. The molecule has 0 heterocycles. The minimum atomic E-state index is -0.947. The number of halogens is 1. The molecule has 0 bridgehead atoms. The van der Waals surface area contributed by atoms with Gasteiger partial charge in [-0.2, -0.15) is 0 Å². The van der Waals surface area contributed by atoms with Crippen molar-refractivity contribution >= 4 is 6.03 Å². The van der Waals surface area contributed by atoms with E-state index in [-0.39, 0.29) is 30.4 Å². The molecule has 0 radical (unpaired) electrons. The Morgan fingerprint density at radius 1 is 1.52 bits per heavy atom. The van der Waals surface area contributed by atoms with Crippen molar-refractivity contribution in [2.24, 2.45) is 5.92 Å². The Kier molecular flexibility index (Phi) is 4.52. The lowest BCUT2D eigenvalue weighted by molar-refractivity contribution is 0.0165. The third kappa shape index (κ3) is 3.73. The summed E-state index contributed by atoms with van der Waals surface area (Å²) < 4.78 is 13.3. The van der Waals surface area contributed by atoms with E-state index in [2.05, 4.69) is 10.6 Å². The van der Waals surface area contributed by atoms with Crippen LogP contribution in [-0.2, 0) is 6.42 Å². The van der Waals surface area contributed by atoms with Crippen molar-refractivity contribution in [2.75, 3.05) is 6.54 Å². The fourth-order valence-corrected chi connectivity index (χ4v) is 2.40. The quantitative estimate of drug-likeness (QED) is 0.799. The standard InChI is InChI=1S/C16H23FN2O2/c1-10(2)16(3,21)9-18-15(20)19-14-7-5-11-4-6-12(17)8-13(11)14/h4,6,8,10,14,21H,5,7,9H2,1-3H3,(H2,18,19,20). The molecule has 1 aliphatic rings. The molecule has 0 saturated heterocycles. The second-order valence-electron chi connectivity index (χ2n) is 6.27. The number of amides is 2. The van der Waals surface area contributed by atoms with Crippen molar-refractivity contribution in [1.29, 1.82) is 0 Å². The summed E-state index contributed by atoms with van der Waals surface area (Å²) in [6, 6.07) is 4.20. The Hall–Kier alpha value is -1.62. The lowest BCUT2D eigenvalue weighted by Crippen LogP contribution is -2.47. The first kappa shape index (κ1) is 15.8. The van der Waals surface area contributed by atoms with E-state index in [0.29, 0.717) is 0 Å². The second kappa shape index (κ2) is 6.02. The van der Waals surface area contributed by atoms with Gasteiger partial charge in [0.25, 0.3) is 0 Å². The Morgan fingerprint density at radius 2 is 2.24 bits per heavy atom. The summed E-state index contributed by atoms with van der Waals surface area (Å²) in [4.78, 5) is 11.9. The minimum Gasteiger partial charge on any atom is -0.388 e. The van der Waals surface area contributed by atoms with Gasteiger partial charge in [-0.3, -0.25) is 0 Å². The smallest absolute Gasteiger partial charge is 0.315 e. The third-order valence-electron chi connectivity index (χ3n) is 4.34. The number of hydrogen-bond donors (Lipinski definition) is 3. The van der Waals surface area contributed by atoms with Gasteiger partial charge >= 0.3 is 6.03 Å². The van der Waals surface area contributed by atoms with E-state index in [0.717, 1.165) is 24.0 Å². The van der Waals surface area contributed by atoms with Gasteiger partial charge in [0.15, 0.2) is 0 Å². The molecule has 116 valence electrons. The van der Waals surface area contributed by atoms with Crippen LogP contribution < -0.4 is 10.6 Å². The van der Waals surface area contributed by atoms with Crippen LogP contribution in [0.15, 0.2) is 18.2 Å². The van der Waals surface area contributed by atoms with Crippen molar-refractivity contribution in [2.45, 2.75) is 45.3 Å². The topological polar surface area (TPSA) is 61.4 Å². The number of nitrogens with one attached hydrogen (secondary N) is 2. The number of benzene rings is 1. The van der Waals surface area contributed by atoms with Crippen molar-refractivity contribution in [3.8, 4) is 0 Å². The van der Waals surface area contributed by atoms with E-state index in [1.165, 1.54) is 12.1 Å². The zero-order valence-electron chi connectivity index (χ0n) is 12.7. The minimum absolute atomic E-state index is 0.0408. The van der Waals surface area contributed by atoms with Gasteiger partial charge in [0.2, 0.25) is 0 Å². The molecular weight excluding hydrogens is 271 g/mol. The molecule has 1 aliphatic carbocycles. The molecule has 3 N–H and O–H groups in total. The van der Waals surface area contributed by atoms with Gasteiger partial charge in [0, 0.05) is 6.54 Å². The number of carbonyl (C=O) groups is 1. The molecule has 0 aliphatic heterocycles. The number of rotatable bonds is 4. The van der Waals surface area contributed by atoms with Gasteiger partial charge < -0.3 is 15.7 Å². The first-order valence-electron chi connectivity index (χ1n) is 7.34. The summed E-state index contributed by atoms with van der Waals surface area (Å²) in [5.74, 6) is -0.246. The van der Waals surface area contributed by atoms with Crippen LogP contribution in [0.2, 0.25) is 0 Å². The van der Waals surface area contributed by atoms with E-state index < -0.39 is 5.60 Å². The summed E-state index contributed by atoms with van der Waals surface area (Å²) in [7, 11) is 0. The summed E-state index contributed by atoms with van der Waals surface area (Å²) >= 11 is 0. The van der Waals surface area contributed by atoms with Gasteiger partial charge in [0.05, 0.1) is 11.6 Å². The van der Waals surface area contributed by atoms with Gasteiger partial charge in [0.1, 0.15) is 5.82 Å². The number of aryl methyl sites for hydroxylation is 1. The highest BCUT2D eigenvalue weighted by Gasteiger charge is 2.27. The SMILES string of the molecule is CC(C)C(C)(O)CNC(=O)NC1CCc2ccc(F)cc21. The van der Waals surface area contributed by atoms with Crippen LogP contribution in [0.25, 0.3) is 0 Å². The van der Waals surface area contributed by atoms with Gasteiger partial charge in [-0.1, -0.05) is 19.9 Å². The van der Waals surface area contributed by atoms with Crippen molar-refractivity contribution in [1.82, 2.24) is 10.6 Å². The lowest BCUT2D eigenvalue weighted by atomic mass is 9.93. The predicted molar refractivity (Wildman–Crippen MR) is 79.5 cm³/mol. The van der Waals surface area contributed by atoms with Crippen LogP contribution in [0.3, 0.4) is 0 Å². The fourth-order valence-electron chi connectivity index (χ4n) is 2.40. The maximum atomic E-state index is 13.3. The second-order valence-corrected chi connectivity index (χ2v) is 6.27. The molecule has 0 aromatic heterocycles. The highest BCUT2D eigenvalue weighted by Crippen LogP contribution is 2.31. The number of carbonyl (C=O) groups excluding carboxylic acids is 1. The molecular formula is C16H23FN2O2. The molecule has 0 spiro atoms. The fraction of sp³-hybridized carbons (Fsp3) is 0.562. The van der Waals surface area contributed by atoms with E-state index in [1.807, 2.05) is 13.8 Å². The van der Waals surface area contributed by atoms with Crippen molar-refractivity contribution < 1.29 is 14.3 Å². The van der Waals surface area contributed by atoms with Crippen LogP contribution in [0, 0.1) is 11.7 Å².